The van der Waals surface area contributed by atoms with Gasteiger partial charge in [0.05, 0.1) is 34.4 Å². The van der Waals surface area contributed by atoms with E-state index in [0.29, 0.717) is 17.4 Å². The molecule has 444 valence electrons. The minimum absolute atomic E-state index is 0.185. The van der Waals surface area contributed by atoms with Gasteiger partial charge in [-0.05, 0) is 89.9 Å². The zero-order chi connectivity index (χ0) is 56.2. The van der Waals surface area contributed by atoms with Crippen molar-refractivity contribution < 1.29 is 42.9 Å². The summed E-state index contributed by atoms with van der Waals surface area (Å²) in [6.45, 7) is 4.75. The third kappa shape index (κ3) is 60.0. The number of carbonyl (C=O) groups is 3. The highest BCUT2D eigenvalue weighted by molar-refractivity contribution is 5.71. The fraction of sp³-hybridized carbons (Fsp3) is 0.750. The van der Waals surface area contributed by atoms with Gasteiger partial charge in [0.2, 0.25) is 0 Å². The van der Waals surface area contributed by atoms with Crippen LogP contribution in [0.25, 0.3) is 0 Å². The summed E-state index contributed by atoms with van der Waals surface area (Å²) >= 11 is 0. The van der Waals surface area contributed by atoms with E-state index in [1.54, 1.807) is 0 Å². The lowest BCUT2D eigenvalue weighted by atomic mass is 10.0. The average Bonchev–Trinajstić information content (AvgIpc) is 3.40. The van der Waals surface area contributed by atoms with Crippen molar-refractivity contribution in [3.8, 4) is 0 Å². The summed E-state index contributed by atoms with van der Waals surface area (Å²) in [4.78, 5) is 37.5. The van der Waals surface area contributed by atoms with Crippen LogP contribution in [0, 0.1) is 0 Å². The van der Waals surface area contributed by atoms with Gasteiger partial charge < -0.3 is 28.5 Å². The van der Waals surface area contributed by atoms with Crippen LogP contribution in [0.5, 0.6) is 0 Å². The number of nitrogens with zero attached hydrogens (tertiary/aromatic N) is 1. The normalized spacial score (nSPS) is 13.3. The third-order valence-corrected chi connectivity index (χ3v) is 13.6. The number of allylic oxidation sites excluding steroid dienone is 14. The Balaban J connectivity index is 4.08. The van der Waals surface area contributed by atoms with E-state index in [0.717, 1.165) is 89.9 Å². The molecule has 0 aromatic carbocycles. The number of carbonyl (C=O) groups excluding carboxylic acids is 2. The first-order chi connectivity index (χ1) is 37.6. The molecule has 0 fully saturated rings. The Morgan fingerprint density at radius 1 is 0.403 bits per heavy atom. The fourth-order valence-corrected chi connectivity index (χ4v) is 8.78. The summed E-state index contributed by atoms with van der Waals surface area (Å²) in [7, 11) is 5.97. The zero-order valence-corrected chi connectivity index (χ0v) is 50.6. The molecule has 0 aromatic heterocycles. The highest BCUT2D eigenvalue weighted by Gasteiger charge is 2.25. The number of likely N-dealkylation sites (N-methyl/N-ethyl adjacent to an activating group) is 1. The number of quaternary nitrogens is 1. The first kappa shape index (κ1) is 73.5. The molecule has 0 saturated carbocycles. The van der Waals surface area contributed by atoms with Gasteiger partial charge in [0, 0.05) is 12.8 Å². The molecule has 2 atom stereocenters. The predicted octanol–water partition coefficient (Wildman–Crippen LogP) is 19.1. The number of esters is 2. The molecule has 9 nitrogen and oxygen atoms in total. The van der Waals surface area contributed by atoms with E-state index in [1.807, 2.05) is 21.1 Å². The van der Waals surface area contributed by atoms with Crippen LogP contribution in [-0.4, -0.2) is 87.4 Å². The van der Waals surface area contributed by atoms with Crippen molar-refractivity contribution in [2.75, 3.05) is 47.5 Å². The second-order valence-corrected chi connectivity index (χ2v) is 22.3. The number of ether oxygens (including phenoxy) is 4. The molecule has 0 rings (SSSR count). The molecule has 0 aliphatic carbocycles. The van der Waals surface area contributed by atoms with Crippen LogP contribution in [0.15, 0.2) is 85.1 Å². The van der Waals surface area contributed by atoms with Gasteiger partial charge >= 0.3 is 17.9 Å². The molecule has 0 heterocycles. The largest absolute Gasteiger partial charge is 0.477 e. The van der Waals surface area contributed by atoms with E-state index in [-0.39, 0.29) is 32.2 Å². The molecular weight excluding hydrogens is 959 g/mol. The van der Waals surface area contributed by atoms with Crippen LogP contribution in [0.1, 0.15) is 271 Å². The summed E-state index contributed by atoms with van der Waals surface area (Å²) in [5, 5.41) is 9.71. The smallest absolute Gasteiger partial charge is 0.361 e. The SMILES string of the molecule is CC/C=C\C/C=C\C/C=C\C/C=C\C/C=C\CCCCCCCCCCCCCCCCCCCCCC(=O)OC(COC(=O)CCCCCCCCC/C=C\C/C=C\CCCCC)COC(OCC[N+](C)(C)C)C(=O)O. The molecule has 9 heteroatoms. The zero-order valence-electron chi connectivity index (χ0n) is 50.6. The molecule has 0 aromatic rings. The van der Waals surface area contributed by atoms with Gasteiger partial charge in [0.25, 0.3) is 6.29 Å². The molecule has 0 spiro atoms. The summed E-state index contributed by atoms with van der Waals surface area (Å²) in [5.41, 5.74) is 0. The van der Waals surface area contributed by atoms with E-state index >= 15 is 0 Å². The number of hydrogen-bond acceptors (Lipinski definition) is 7. The molecule has 0 aliphatic rings. The van der Waals surface area contributed by atoms with Gasteiger partial charge in [-0.2, -0.15) is 0 Å². The van der Waals surface area contributed by atoms with Crippen LogP contribution < -0.4 is 0 Å². The quantitative estimate of drug-likeness (QED) is 0.0211. The lowest BCUT2D eigenvalue weighted by molar-refractivity contribution is -0.870. The topological polar surface area (TPSA) is 108 Å². The minimum Gasteiger partial charge on any atom is -0.477 e. The van der Waals surface area contributed by atoms with E-state index < -0.39 is 24.3 Å². The van der Waals surface area contributed by atoms with Crippen LogP contribution in [0.4, 0.5) is 0 Å². The second-order valence-electron chi connectivity index (χ2n) is 22.3. The number of unbranched alkanes of at least 4 members (excludes halogenated alkanes) is 29. The van der Waals surface area contributed by atoms with Crippen molar-refractivity contribution in [1.29, 1.82) is 0 Å². The maximum Gasteiger partial charge on any atom is 0.361 e. The monoisotopic (exact) mass is 1080 g/mol. The van der Waals surface area contributed by atoms with Crippen LogP contribution in [0.2, 0.25) is 0 Å². The maximum atomic E-state index is 12.9. The maximum absolute atomic E-state index is 12.9. The first-order valence-corrected chi connectivity index (χ1v) is 31.8. The molecular formula is C68H120NO8+. The fourth-order valence-electron chi connectivity index (χ4n) is 8.78. The average molecular weight is 1080 g/mol. The second kappa shape index (κ2) is 58.6. The Kier molecular flexibility index (Phi) is 55.9. The Morgan fingerprint density at radius 3 is 1.10 bits per heavy atom. The highest BCUT2D eigenvalue weighted by Crippen LogP contribution is 2.17. The molecule has 77 heavy (non-hydrogen) atoms. The molecule has 0 radical (unpaired) electrons. The van der Waals surface area contributed by atoms with E-state index in [9.17, 15) is 19.5 Å². The van der Waals surface area contributed by atoms with Crippen LogP contribution >= 0.6 is 0 Å². The Bertz CT molecular complexity index is 1540. The molecule has 0 aliphatic heterocycles. The van der Waals surface area contributed by atoms with E-state index in [2.05, 4.69) is 98.9 Å². The van der Waals surface area contributed by atoms with Crippen molar-refractivity contribution in [1.82, 2.24) is 0 Å². The summed E-state index contributed by atoms with van der Waals surface area (Å²) in [6.07, 6.45) is 75.4. The third-order valence-electron chi connectivity index (χ3n) is 13.6. The number of carboxylic acids is 1. The summed E-state index contributed by atoms with van der Waals surface area (Å²) < 4.78 is 22.9. The Hall–Kier alpha value is -3.53. The van der Waals surface area contributed by atoms with Crippen molar-refractivity contribution in [3.05, 3.63) is 85.1 Å². The Morgan fingerprint density at radius 2 is 0.740 bits per heavy atom. The molecule has 0 saturated heterocycles. The van der Waals surface area contributed by atoms with Crippen molar-refractivity contribution >= 4 is 17.9 Å². The number of hydrogen-bond donors (Lipinski definition) is 1. The number of carboxylic acid groups (broad SMARTS) is 1. The van der Waals surface area contributed by atoms with Gasteiger partial charge in [-0.3, -0.25) is 9.59 Å². The standard InChI is InChI=1S/C68H119NO8/c1-6-8-10-12-14-16-18-20-22-24-25-26-27-28-29-30-31-32-33-34-35-36-37-38-39-40-41-43-45-47-49-51-53-55-57-59-66(71)77-64(63-76-68(67(72)73)74-61-60-69(3,4)5)62-75-65(70)58-56-54-52-50-48-46-44-42-23-21-19-17-15-13-11-9-7-2/h8,10,14-17,20-23,25-26,28-29,64,68H,6-7,9,11-13,18-19,24,27,30-63H2,1-5H3/p+1/b10-8-,16-14-,17-15-,22-20-,23-21-,26-25-,29-28-. The Labute approximate surface area is 474 Å². The van der Waals surface area contributed by atoms with E-state index in [4.69, 9.17) is 18.9 Å². The number of aliphatic carboxylic acids is 1. The minimum atomic E-state index is -1.51. The first-order valence-electron chi connectivity index (χ1n) is 31.8. The summed E-state index contributed by atoms with van der Waals surface area (Å²) in [6, 6.07) is 0. The molecule has 1 N–H and O–H groups in total. The van der Waals surface area contributed by atoms with Gasteiger partial charge in [-0.1, -0.05) is 253 Å². The highest BCUT2D eigenvalue weighted by atomic mass is 16.7. The van der Waals surface area contributed by atoms with Gasteiger partial charge in [-0.15, -0.1) is 0 Å². The van der Waals surface area contributed by atoms with Crippen molar-refractivity contribution in [3.63, 3.8) is 0 Å². The van der Waals surface area contributed by atoms with Gasteiger partial charge in [0.1, 0.15) is 13.2 Å². The molecule has 0 bridgehead atoms. The lowest BCUT2D eigenvalue weighted by Gasteiger charge is -2.25. The summed E-state index contributed by atoms with van der Waals surface area (Å²) in [5.74, 6) is -2.01. The van der Waals surface area contributed by atoms with Gasteiger partial charge in [-0.25, -0.2) is 4.79 Å². The molecule has 2 unspecified atom stereocenters. The van der Waals surface area contributed by atoms with E-state index in [1.165, 1.54) is 154 Å². The van der Waals surface area contributed by atoms with Crippen molar-refractivity contribution in [2.24, 2.45) is 0 Å². The van der Waals surface area contributed by atoms with Gasteiger partial charge in [0.15, 0.2) is 6.10 Å². The van der Waals surface area contributed by atoms with Crippen molar-refractivity contribution in [2.45, 2.75) is 283 Å². The molecule has 0 amide bonds. The lowest BCUT2D eigenvalue weighted by Crippen LogP contribution is -2.40. The predicted molar refractivity (Wildman–Crippen MR) is 327 cm³/mol. The van der Waals surface area contributed by atoms with Crippen LogP contribution in [0.3, 0.4) is 0 Å². The number of rotatable bonds is 58. The van der Waals surface area contributed by atoms with Crippen LogP contribution in [-0.2, 0) is 33.3 Å².